The molecule has 0 aromatic heterocycles. The van der Waals surface area contributed by atoms with Gasteiger partial charge in [0.2, 0.25) is 5.91 Å². The van der Waals surface area contributed by atoms with Crippen LogP contribution in [0.15, 0.2) is 0 Å². The minimum absolute atomic E-state index is 0.0408. The predicted octanol–water partition coefficient (Wildman–Crippen LogP) is 1.22. The van der Waals surface area contributed by atoms with Gasteiger partial charge in [0.05, 0.1) is 18.3 Å². The molecule has 0 bridgehead atoms. The largest absolute Gasteiger partial charge is 0.388 e. The van der Waals surface area contributed by atoms with Crippen molar-refractivity contribution in [3.8, 4) is 0 Å². The van der Waals surface area contributed by atoms with E-state index in [2.05, 4.69) is 5.32 Å². The molecule has 94 valence electrons. The first-order chi connectivity index (χ1) is 7.52. The molecular formula is C12H23NO3. The van der Waals surface area contributed by atoms with Gasteiger partial charge < -0.3 is 15.2 Å². The zero-order valence-corrected chi connectivity index (χ0v) is 10.3. The molecule has 4 nitrogen and oxygen atoms in total. The van der Waals surface area contributed by atoms with Gasteiger partial charge >= 0.3 is 0 Å². The lowest BCUT2D eigenvalue weighted by molar-refractivity contribution is -0.123. The zero-order valence-electron chi connectivity index (χ0n) is 10.3. The highest BCUT2D eigenvalue weighted by atomic mass is 16.5. The number of hydrogen-bond acceptors (Lipinski definition) is 3. The van der Waals surface area contributed by atoms with E-state index in [9.17, 15) is 9.90 Å². The number of carbonyl (C=O) groups excluding carboxylic acids is 1. The lowest BCUT2D eigenvalue weighted by atomic mass is 10.0. The number of hydrogen-bond donors (Lipinski definition) is 2. The van der Waals surface area contributed by atoms with Crippen molar-refractivity contribution in [2.24, 2.45) is 0 Å². The summed E-state index contributed by atoms with van der Waals surface area (Å²) in [7, 11) is 0. The molecule has 0 aliphatic heterocycles. The van der Waals surface area contributed by atoms with E-state index in [1.165, 1.54) is 0 Å². The summed E-state index contributed by atoms with van der Waals surface area (Å²) in [5, 5.41) is 12.8. The molecule has 16 heavy (non-hydrogen) atoms. The fourth-order valence-electron chi connectivity index (χ4n) is 1.95. The van der Waals surface area contributed by atoms with Crippen molar-refractivity contribution >= 4 is 5.91 Å². The van der Waals surface area contributed by atoms with Crippen molar-refractivity contribution in [2.45, 2.75) is 57.7 Å². The molecule has 1 rings (SSSR count). The molecule has 1 saturated carbocycles. The van der Waals surface area contributed by atoms with Gasteiger partial charge in [-0.15, -0.1) is 0 Å². The lowest BCUT2D eigenvalue weighted by Crippen LogP contribution is -2.41. The maximum absolute atomic E-state index is 11.4. The quantitative estimate of drug-likeness (QED) is 0.720. The minimum atomic E-state index is -0.658. The Bertz CT molecular complexity index is 222. The Labute approximate surface area is 97.4 Å². The van der Waals surface area contributed by atoms with Crippen LogP contribution in [-0.4, -0.2) is 35.9 Å². The Morgan fingerprint density at radius 2 is 2.06 bits per heavy atom. The molecule has 0 aromatic carbocycles. The Hall–Kier alpha value is -0.610. The monoisotopic (exact) mass is 229 g/mol. The SMILES string of the molecule is CC(C)OCCC(=O)NCC1(O)CCCC1. The van der Waals surface area contributed by atoms with Crippen LogP contribution in [0.4, 0.5) is 0 Å². The lowest BCUT2D eigenvalue weighted by Gasteiger charge is -2.22. The minimum Gasteiger partial charge on any atom is -0.388 e. The van der Waals surface area contributed by atoms with E-state index in [1.807, 2.05) is 13.8 Å². The Balaban J connectivity index is 2.10. The van der Waals surface area contributed by atoms with E-state index >= 15 is 0 Å². The van der Waals surface area contributed by atoms with Gasteiger partial charge in [-0.2, -0.15) is 0 Å². The summed E-state index contributed by atoms with van der Waals surface area (Å²) in [5.41, 5.74) is -0.658. The van der Waals surface area contributed by atoms with Gasteiger partial charge in [-0.3, -0.25) is 4.79 Å². The van der Waals surface area contributed by atoms with Crippen LogP contribution in [0.5, 0.6) is 0 Å². The molecular weight excluding hydrogens is 206 g/mol. The summed E-state index contributed by atoms with van der Waals surface area (Å²) in [6.07, 6.45) is 4.25. The number of ether oxygens (including phenoxy) is 1. The van der Waals surface area contributed by atoms with Crippen LogP contribution in [0.3, 0.4) is 0 Å². The summed E-state index contributed by atoms with van der Waals surface area (Å²) >= 11 is 0. The van der Waals surface area contributed by atoms with Gasteiger partial charge in [0, 0.05) is 13.0 Å². The summed E-state index contributed by atoms with van der Waals surface area (Å²) in [6.45, 7) is 4.72. The molecule has 0 radical (unpaired) electrons. The van der Waals surface area contributed by atoms with Crippen molar-refractivity contribution < 1.29 is 14.6 Å². The second-order valence-corrected chi connectivity index (χ2v) is 4.88. The maximum Gasteiger partial charge on any atom is 0.222 e. The molecule has 1 aliphatic rings. The van der Waals surface area contributed by atoms with Crippen LogP contribution < -0.4 is 5.32 Å². The summed E-state index contributed by atoms with van der Waals surface area (Å²) in [5.74, 6) is -0.0408. The third kappa shape index (κ3) is 4.94. The van der Waals surface area contributed by atoms with Crippen molar-refractivity contribution in [2.75, 3.05) is 13.2 Å². The number of aliphatic hydroxyl groups is 1. The van der Waals surface area contributed by atoms with Crippen LogP contribution in [0.2, 0.25) is 0 Å². The molecule has 0 heterocycles. The summed E-state index contributed by atoms with van der Waals surface area (Å²) in [4.78, 5) is 11.4. The standard InChI is InChI=1S/C12H23NO3/c1-10(2)16-8-5-11(14)13-9-12(15)6-3-4-7-12/h10,15H,3-9H2,1-2H3,(H,13,14). The molecule has 1 amide bonds. The third-order valence-electron chi connectivity index (χ3n) is 2.93. The Kier molecular flexibility index (Phi) is 5.22. The maximum atomic E-state index is 11.4. The van der Waals surface area contributed by atoms with E-state index in [4.69, 9.17) is 4.74 Å². The third-order valence-corrected chi connectivity index (χ3v) is 2.93. The van der Waals surface area contributed by atoms with Crippen LogP contribution in [0.25, 0.3) is 0 Å². The van der Waals surface area contributed by atoms with E-state index in [0.717, 1.165) is 25.7 Å². The van der Waals surface area contributed by atoms with E-state index < -0.39 is 5.60 Å². The van der Waals surface area contributed by atoms with Crippen molar-refractivity contribution in [3.63, 3.8) is 0 Å². The van der Waals surface area contributed by atoms with E-state index in [0.29, 0.717) is 19.6 Å². The first kappa shape index (κ1) is 13.5. The zero-order chi connectivity index (χ0) is 12.0. The highest BCUT2D eigenvalue weighted by Crippen LogP contribution is 2.28. The first-order valence-corrected chi connectivity index (χ1v) is 6.12. The van der Waals surface area contributed by atoms with E-state index in [-0.39, 0.29) is 12.0 Å². The number of rotatable bonds is 6. The topological polar surface area (TPSA) is 58.6 Å². The van der Waals surface area contributed by atoms with Gasteiger partial charge in [0.15, 0.2) is 0 Å². The number of nitrogens with one attached hydrogen (secondary N) is 1. The van der Waals surface area contributed by atoms with Crippen molar-refractivity contribution in [1.29, 1.82) is 0 Å². The predicted molar refractivity (Wildman–Crippen MR) is 62.1 cm³/mol. The molecule has 2 N–H and O–H groups in total. The average Bonchev–Trinajstić information content (AvgIpc) is 2.62. The van der Waals surface area contributed by atoms with Crippen LogP contribution in [0, 0.1) is 0 Å². The molecule has 0 unspecified atom stereocenters. The van der Waals surface area contributed by atoms with Gasteiger partial charge in [-0.05, 0) is 26.7 Å². The van der Waals surface area contributed by atoms with Crippen molar-refractivity contribution in [3.05, 3.63) is 0 Å². The first-order valence-electron chi connectivity index (χ1n) is 6.12. The van der Waals surface area contributed by atoms with Gasteiger partial charge in [0.25, 0.3) is 0 Å². The molecule has 0 atom stereocenters. The molecule has 0 aromatic rings. The van der Waals surface area contributed by atoms with Gasteiger partial charge in [0.1, 0.15) is 0 Å². The highest BCUT2D eigenvalue weighted by Gasteiger charge is 2.31. The van der Waals surface area contributed by atoms with Crippen LogP contribution in [-0.2, 0) is 9.53 Å². The second kappa shape index (κ2) is 6.21. The van der Waals surface area contributed by atoms with Crippen molar-refractivity contribution in [1.82, 2.24) is 5.32 Å². The molecule has 1 aliphatic carbocycles. The average molecular weight is 229 g/mol. The summed E-state index contributed by atoms with van der Waals surface area (Å²) < 4.78 is 5.29. The van der Waals surface area contributed by atoms with Gasteiger partial charge in [-0.25, -0.2) is 0 Å². The molecule has 1 fully saturated rings. The van der Waals surface area contributed by atoms with Gasteiger partial charge in [-0.1, -0.05) is 12.8 Å². The van der Waals surface area contributed by atoms with Crippen LogP contribution in [0.1, 0.15) is 46.0 Å². The second-order valence-electron chi connectivity index (χ2n) is 4.88. The smallest absolute Gasteiger partial charge is 0.222 e. The molecule has 0 saturated heterocycles. The highest BCUT2D eigenvalue weighted by molar-refractivity contribution is 5.76. The Morgan fingerprint density at radius 3 is 2.62 bits per heavy atom. The van der Waals surface area contributed by atoms with E-state index in [1.54, 1.807) is 0 Å². The number of amides is 1. The summed E-state index contributed by atoms with van der Waals surface area (Å²) in [6, 6.07) is 0. The fraction of sp³-hybridized carbons (Fsp3) is 0.917. The fourth-order valence-corrected chi connectivity index (χ4v) is 1.95. The molecule has 4 heteroatoms. The Morgan fingerprint density at radius 1 is 1.44 bits per heavy atom. The molecule has 0 spiro atoms. The van der Waals surface area contributed by atoms with Crippen LogP contribution >= 0.6 is 0 Å². The normalized spacial score (nSPS) is 19.0. The number of carbonyl (C=O) groups is 1.